The van der Waals surface area contributed by atoms with E-state index in [0.29, 0.717) is 28.7 Å². The van der Waals surface area contributed by atoms with Gasteiger partial charge in [0.15, 0.2) is 0 Å². The number of amides is 1. The number of hydrogen-bond acceptors (Lipinski definition) is 8. The maximum atomic E-state index is 14.1. The molecule has 5 rings (SSSR count). The standard InChI is InChI=1S/C31H31F3N8O/c1-18-16-41(4)9-10-42(18)17-22-6-7-24(12-26(22)31(32,33)34)40-30(43)23-11-21(13-36-14-23)5-8-25-28-27(15-37-29(25)35)38-19(2)20(3)39-28/h6-7,11-15,18H,9-10,16-17H2,1-4H3,(H2,35,37)(H,40,43)/t18-/m1/s1. The van der Waals surface area contributed by atoms with Gasteiger partial charge in [-0.15, -0.1) is 0 Å². The first-order valence-corrected chi connectivity index (χ1v) is 13.7. The molecule has 1 aromatic carbocycles. The minimum atomic E-state index is -4.58. The van der Waals surface area contributed by atoms with Crippen LogP contribution in [0, 0.1) is 25.7 Å². The van der Waals surface area contributed by atoms with E-state index < -0.39 is 17.6 Å². The van der Waals surface area contributed by atoms with Crippen LogP contribution in [0.2, 0.25) is 0 Å². The number of nitrogens with two attached hydrogens (primary N) is 1. The summed E-state index contributed by atoms with van der Waals surface area (Å²) in [5.41, 5.74) is 8.98. The van der Waals surface area contributed by atoms with E-state index in [1.807, 2.05) is 32.7 Å². The van der Waals surface area contributed by atoms with Crippen LogP contribution in [0.15, 0.2) is 42.9 Å². The number of carbonyl (C=O) groups excluding carboxylic acids is 1. The zero-order chi connectivity index (χ0) is 30.9. The molecule has 0 aliphatic carbocycles. The molecule has 1 aliphatic heterocycles. The lowest BCUT2D eigenvalue weighted by Gasteiger charge is -2.38. The van der Waals surface area contributed by atoms with E-state index in [-0.39, 0.29) is 35.2 Å². The molecule has 3 aromatic heterocycles. The van der Waals surface area contributed by atoms with Gasteiger partial charge in [0.05, 0.1) is 34.3 Å². The number of anilines is 2. The minimum absolute atomic E-state index is 0.0304. The summed E-state index contributed by atoms with van der Waals surface area (Å²) in [4.78, 5) is 34.5. The number of carbonyl (C=O) groups is 1. The third kappa shape index (κ3) is 6.74. The normalized spacial score (nSPS) is 16.1. The number of halogens is 3. The third-order valence-electron chi connectivity index (χ3n) is 7.50. The van der Waals surface area contributed by atoms with Crippen molar-refractivity contribution in [3.63, 3.8) is 0 Å². The second-order valence-electron chi connectivity index (χ2n) is 10.8. The van der Waals surface area contributed by atoms with Gasteiger partial charge in [0.25, 0.3) is 5.91 Å². The molecular weight excluding hydrogens is 557 g/mol. The molecule has 4 aromatic rings. The van der Waals surface area contributed by atoms with Gasteiger partial charge >= 0.3 is 6.18 Å². The fraction of sp³-hybridized carbons (Fsp3) is 0.323. The Bertz CT molecular complexity index is 1760. The van der Waals surface area contributed by atoms with Gasteiger partial charge in [-0.25, -0.2) is 15.0 Å². The van der Waals surface area contributed by atoms with E-state index in [0.717, 1.165) is 30.5 Å². The number of aryl methyl sites for hydroxylation is 2. The number of likely N-dealkylation sites (N-methyl/N-ethyl adjacent to an activating group) is 1. The van der Waals surface area contributed by atoms with Crippen molar-refractivity contribution in [1.29, 1.82) is 0 Å². The maximum absolute atomic E-state index is 14.1. The summed E-state index contributed by atoms with van der Waals surface area (Å²) in [6.45, 7) is 8.11. The molecule has 9 nitrogen and oxygen atoms in total. The van der Waals surface area contributed by atoms with Crippen LogP contribution in [0.5, 0.6) is 0 Å². The Balaban J connectivity index is 1.37. The minimum Gasteiger partial charge on any atom is -0.383 e. The summed E-state index contributed by atoms with van der Waals surface area (Å²) < 4.78 is 42.2. The quantitative estimate of drug-likeness (QED) is 0.337. The topological polar surface area (TPSA) is 113 Å². The van der Waals surface area contributed by atoms with Crippen molar-refractivity contribution in [2.24, 2.45) is 0 Å². The molecule has 3 N–H and O–H groups in total. The van der Waals surface area contributed by atoms with Crippen LogP contribution in [0.4, 0.5) is 24.7 Å². The first-order chi connectivity index (χ1) is 20.4. The van der Waals surface area contributed by atoms with Gasteiger partial charge < -0.3 is 16.0 Å². The second-order valence-corrected chi connectivity index (χ2v) is 10.8. The molecule has 0 saturated carbocycles. The van der Waals surface area contributed by atoms with Crippen molar-refractivity contribution >= 4 is 28.4 Å². The first kappa shape index (κ1) is 29.9. The number of hydrogen-bond donors (Lipinski definition) is 2. The number of nitrogens with one attached hydrogen (secondary N) is 1. The number of rotatable bonds is 4. The van der Waals surface area contributed by atoms with Crippen molar-refractivity contribution in [2.75, 3.05) is 37.7 Å². The number of aromatic nitrogens is 4. The van der Waals surface area contributed by atoms with Crippen LogP contribution in [0.3, 0.4) is 0 Å². The maximum Gasteiger partial charge on any atom is 0.416 e. The summed E-state index contributed by atoms with van der Waals surface area (Å²) in [7, 11) is 2.00. The van der Waals surface area contributed by atoms with Gasteiger partial charge in [-0.3, -0.25) is 14.7 Å². The molecule has 0 spiro atoms. The Kier molecular flexibility index (Phi) is 8.30. The van der Waals surface area contributed by atoms with Gasteiger partial charge in [-0.05, 0) is 51.6 Å². The number of pyridine rings is 2. The highest BCUT2D eigenvalue weighted by Gasteiger charge is 2.35. The Hall–Kier alpha value is -4.60. The Morgan fingerprint density at radius 1 is 1.09 bits per heavy atom. The van der Waals surface area contributed by atoms with E-state index in [4.69, 9.17) is 5.73 Å². The van der Waals surface area contributed by atoms with Crippen molar-refractivity contribution in [3.05, 3.63) is 82.1 Å². The summed E-state index contributed by atoms with van der Waals surface area (Å²) in [6.07, 6.45) is -0.260. The predicted molar refractivity (Wildman–Crippen MR) is 158 cm³/mol. The van der Waals surface area contributed by atoms with Gasteiger partial charge in [0.2, 0.25) is 0 Å². The average Bonchev–Trinajstić information content (AvgIpc) is 2.95. The van der Waals surface area contributed by atoms with Crippen molar-refractivity contribution in [2.45, 2.75) is 39.5 Å². The van der Waals surface area contributed by atoms with Crippen LogP contribution in [0.1, 0.15) is 50.9 Å². The Labute approximate surface area is 247 Å². The lowest BCUT2D eigenvalue weighted by Crippen LogP contribution is -2.49. The first-order valence-electron chi connectivity index (χ1n) is 13.7. The highest BCUT2D eigenvalue weighted by Crippen LogP contribution is 2.35. The lowest BCUT2D eigenvalue weighted by molar-refractivity contribution is -0.138. The average molecular weight is 589 g/mol. The Morgan fingerprint density at radius 2 is 1.86 bits per heavy atom. The highest BCUT2D eigenvalue weighted by molar-refractivity contribution is 6.04. The predicted octanol–water partition coefficient (Wildman–Crippen LogP) is 4.43. The molecule has 1 saturated heterocycles. The van der Waals surface area contributed by atoms with Gasteiger partial charge in [-0.1, -0.05) is 17.9 Å². The van der Waals surface area contributed by atoms with E-state index >= 15 is 0 Å². The largest absolute Gasteiger partial charge is 0.416 e. The molecule has 0 bridgehead atoms. The zero-order valence-corrected chi connectivity index (χ0v) is 24.3. The van der Waals surface area contributed by atoms with Crippen LogP contribution >= 0.6 is 0 Å². The summed E-state index contributed by atoms with van der Waals surface area (Å²) >= 11 is 0. The monoisotopic (exact) mass is 588 g/mol. The van der Waals surface area contributed by atoms with Crippen molar-refractivity contribution in [1.82, 2.24) is 29.7 Å². The molecule has 1 aliphatic rings. The molecule has 12 heteroatoms. The van der Waals surface area contributed by atoms with Crippen LogP contribution < -0.4 is 11.1 Å². The van der Waals surface area contributed by atoms with Gasteiger partial charge in [0, 0.05) is 55.9 Å². The molecule has 222 valence electrons. The molecule has 1 fully saturated rings. The molecular formula is C31H31F3N8O. The lowest BCUT2D eigenvalue weighted by atomic mass is 10.0. The van der Waals surface area contributed by atoms with E-state index in [1.54, 1.807) is 0 Å². The molecule has 0 radical (unpaired) electrons. The number of benzene rings is 1. The number of alkyl halides is 3. The molecule has 43 heavy (non-hydrogen) atoms. The number of fused-ring (bicyclic) bond motifs is 1. The fourth-order valence-electron chi connectivity index (χ4n) is 4.99. The van der Waals surface area contributed by atoms with Gasteiger partial charge in [-0.2, -0.15) is 13.2 Å². The number of piperazine rings is 1. The van der Waals surface area contributed by atoms with Crippen molar-refractivity contribution < 1.29 is 18.0 Å². The highest BCUT2D eigenvalue weighted by atomic mass is 19.4. The summed E-state index contributed by atoms with van der Waals surface area (Å²) in [5, 5.41) is 2.57. The van der Waals surface area contributed by atoms with E-state index in [9.17, 15) is 18.0 Å². The fourth-order valence-corrected chi connectivity index (χ4v) is 4.99. The van der Waals surface area contributed by atoms with Crippen molar-refractivity contribution in [3.8, 4) is 11.8 Å². The molecule has 0 unspecified atom stereocenters. The second kappa shape index (κ2) is 11.9. The van der Waals surface area contributed by atoms with E-state index in [1.165, 1.54) is 36.8 Å². The van der Waals surface area contributed by atoms with Crippen LogP contribution in [0.25, 0.3) is 11.0 Å². The van der Waals surface area contributed by atoms with Gasteiger partial charge in [0.1, 0.15) is 16.9 Å². The van der Waals surface area contributed by atoms with Crippen LogP contribution in [-0.2, 0) is 12.7 Å². The molecule has 1 amide bonds. The smallest absolute Gasteiger partial charge is 0.383 e. The Morgan fingerprint density at radius 3 is 2.60 bits per heavy atom. The molecule has 4 heterocycles. The summed E-state index contributed by atoms with van der Waals surface area (Å²) in [6, 6.07) is 5.52. The number of nitrogen functional groups attached to an aromatic ring is 1. The van der Waals surface area contributed by atoms with Crippen LogP contribution in [-0.4, -0.2) is 68.4 Å². The molecule has 1 atom stereocenters. The van der Waals surface area contributed by atoms with E-state index in [2.05, 4.69) is 42.0 Å². The third-order valence-corrected chi connectivity index (χ3v) is 7.50. The SMILES string of the molecule is Cc1nc2cnc(N)c(C#Cc3cncc(C(=O)Nc4ccc(CN5CCN(C)C[C@H]5C)c(C(F)(F)F)c4)c3)c2nc1C. The summed E-state index contributed by atoms with van der Waals surface area (Å²) in [5.74, 6) is 5.46. The zero-order valence-electron chi connectivity index (χ0n) is 24.3. The number of nitrogens with zero attached hydrogens (tertiary/aromatic N) is 6.